The lowest BCUT2D eigenvalue weighted by Gasteiger charge is -2.33. The molecule has 0 saturated heterocycles. The summed E-state index contributed by atoms with van der Waals surface area (Å²) in [4.78, 5) is 3.39. The quantitative estimate of drug-likeness (QED) is 0.128. The van der Waals surface area contributed by atoms with Gasteiger partial charge in [0.25, 0.3) is 0 Å². The van der Waals surface area contributed by atoms with Crippen LogP contribution in [0.25, 0.3) is 0 Å². The van der Waals surface area contributed by atoms with Crippen LogP contribution in [0.2, 0.25) is 0 Å². The van der Waals surface area contributed by atoms with E-state index < -0.39 is 24.7 Å². The van der Waals surface area contributed by atoms with Gasteiger partial charge in [-0.2, -0.15) is 4.52 Å². The first-order valence-electron chi connectivity index (χ1n) is 19.6. The molecule has 8 nitrogen and oxygen atoms in total. The van der Waals surface area contributed by atoms with Crippen molar-refractivity contribution in [1.29, 1.82) is 0 Å². The molecule has 0 saturated carbocycles. The molecule has 0 aliphatic rings. The molecular formula is C45H73N2O6P3+2. The van der Waals surface area contributed by atoms with Gasteiger partial charge >= 0.3 is 24.7 Å². The molecular weight excluding hydrogens is 757 g/mol. The summed E-state index contributed by atoms with van der Waals surface area (Å²) in [5, 5.41) is 0. The van der Waals surface area contributed by atoms with E-state index in [1.54, 1.807) is 21.3 Å². The fourth-order valence-corrected chi connectivity index (χ4v) is 13.3. The fourth-order valence-electron chi connectivity index (χ4n) is 8.08. The number of benzene rings is 3. The Balaban J connectivity index is 1.99. The van der Waals surface area contributed by atoms with Crippen molar-refractivity contribution in [3.8, 4) is 17.2 Å². The Morgan fingerprint density at radius 1 is 0.536 bits per heavy atom. The van der Waals surface area contributed by atoms with Crippen LogP contribution >= 0.6 is 24.7 Å². The van der Waals surface area contributed by atoms with Crippen LogP contribution in [0.3, 0.4) is 0 Å². The number of hydrogen-bond acceptors (Lipinski definition) is 8. The van der Waals surface area contributed by atoms with Crippen LogP contribution in [0.1, 0.15) is 140 Å². The van der Waals surface area contributed by atoms with E-state index >= 15 is 0 Å². The van der Waals surface area contributed by atoms with Gasteiger partial charge in [0, 0.05) is 7.11 Å². The maximum absolute atomic E-state index is 6.70. The van der Waals surface area contributed by atoms with Gasteiger partial charge in [0.2, 0.25) is 4.52 Å². The highest BCUT2D eigenvalue weighted by atomic mass is 31.3. The highest BCUT2D eigenvalue weighted by molar-refractivity contribution is 7.75. The highest BCUT2D eigenvalue weighted by Gasteiger charge is 2.56. The SMILES string of the molecule is COP(N[P+](N=[P+](OC)Oc1ccc(C(C)(C)CC(C)(C)C)cc1)(OC)Oc1ccc(C(C)(C)CC(C)(C)C)cc1)Oc1ccc(C(C)(C)CC(C)(C)C)cc1. The Kier molecular flexibility index (Phi) is 16.2. The number of nitrogens with zero attached hydrogens (tertiary/aromatic N) is 1. The maximum Gasteiger partial charge on any atom is 0.659 e. The van der Waals surface area contributed by atoms with Crippen molar-refractivity contribution in [1.82, 2.24) is 4.86 Å². The van der Waals surface area contributed by atoms with Gasteiger partial charge in [-0.05, 0) is 110 Å². The molecule has 1 N–H and O–H groups in total. The van der Waals surface area contributed by atoms with Crippen LogP contribution < -0.4 is 18.4 Å². The lowest BCUT2D eigenvalue weighted by Crippen LogP contribution is -2.24. The zero-order chi connectivity index (χ0) is 42.4. The predicted octanol–water partition coefficient (Wildman–Crippen LogP) is 15.3. The summed E-state index contributed by atoms with van der Waals surface area (Å²) < 4.78 is 42.5. The standard InChI is InChI=1S/C45H73N2O6P3/c1-40(2,3)31-43(10,11)34-19-25-37(26-20-34)51-54(48-16)46-56(50-18,53-39-29-23-36(24-30-39)45(14,15)33-42(7,8)9)47-55(49-17)52-38-27-21-35(22-28-38)44(12,13)32-41(4,5)6/h19-30,46H,31-33H2,1-18H3/q+2. The van der Waals surface area contributed by atoms with Gasteiger partial charge in [-0.25, -0.2) is 4.52 Å². The van der Waals surface area contributed by atoms with Crippen molar-refractivity contribution in [2.75, 3.05) is 21.3 Å². The fraction of sp³-hybridized carbons (Fsp3) is 0.600. The second-order valence-corrected chi connectivity index (χ2v) is 25.7. The molecule has 3 rings (SSSR count). The molecule has 0 aromatic heterocycles. The van der Waals surface area contributed by atoms with Gasteiger partial charge in [0.1, 0.15) is 5.75 Å². The van der Waals surface area contributed by atoms with Crippen LogP contribution in [0.5, 0.6) is 17.2 Å². The third-order valence-electron chi connectivity index (χ3n) is 9.39. The molecule has 0 amide bonds. The van der Waals surface area contributed by atoms with Crippen LogP contribution in [-0.4, -0.2) is 21.3 Å². The van der Waals surface area contributed by atoms with E-state index in [1.165, 1.54) is 16.7 Å². The van der Waals surface area contributed by atoms with Crippen molar-refractivity contribution >= 4 is 24.7 Å². The van der Waals surface area contributed by atoms with Gasteiger partial charge in [0.15, 0.2) is 11.5 Å². The van der Waals surface area contributed by atoms with E-state index in [0.717, 1.165) is 19.3 Å². The first kappa shape index (κ1) is 48.2. The average molecular weight is 831 g/mol. The molecule has 3 aromatic rings. The number of rotatable bonds is 18. The van der Waals surface area contributed by atoms with E-state index in [1.807, 2.05) is 36.4 Å². The van der Waals surface area contributed by atoms with E-state index in [-0.39, 0.29) is 32.5 Å². The smallest absolute Gasteiger partial charge is 0.434 e. The third-order valence-corrected chi connectivity index (χ3v) is 14.9. The second-order valence-electron chi connectivity index (χ2n) is 20.5. The van der Waals surface area contributed by atoms with E-state index in [4.69, 9.17) is 31.7 Å². The molecule has 0 fully saturated rings. The lowest BCUT2D eigenvalue weighted by molar-refractivity contribution is 0.283. The maximum atomic E-state index is 6.70. The molecule has 11 heteroatoms. The summed E-state index contributed by atoms with van der Waals surface area (Å²) in [6.07, 6.45) is 3.12. The topological polar surface area (TPSA) is 79.8 Å². The van der Waals surface area contributed by atoms with Gasteiger partial charge < -0.3 is 9.05 Å². The van der Waals surface area contributed by atoms with Gasteiger partial charge in [0.05, 0.1) is 14.2 Å². The van der Waals surface area contributed by atoms with E-state index in [9.17, 15) is 0 Å². The van der Waals surface area contributed by atoms with Crippen LogP contribution in [0.15, 0.2) is 77.3 Å². The van der Waals surface area contributed by atoms with Crippen molar-refractivity contribution in [2.24, 2.45) is 20.8 Å². The molecule has 56 heavy (non-hydrogen) atoms. The lowest BCUT2D eigenvalue weighted by atomic mass is 9.72. The van der Waals surface area contributed by atoms with Crippen LogP contribution in [-0.2, 0) is 29.8 Å². The predicted molar refractivity (Wildman–Crippen MR) is 240 cm³/mol. The number of hydrogen-bond donors (Lipinski definition) is 1. The first-order valence-corrected chi connectivity index (χ1v) is 23.5. The summed E-state index contributed by atoms with van der Waals surface area (Å²) in [6.45, 7) is 34.1. The normalized spacial score (nSPS) is 15.3. The van der Waals surface area contributed by atoms with Gasteiger partial charge in [-0.15, -0.1) is 4.52 Å². The first-order chi connectivity index (χ1) is 25.6. The average Bonchev–Trinajstić information content (AvgIpc) is 3.05. The monoisotopic (exact) mass is 830 g/mol. The summed E-state index contributed by atoms with van der Waals surface area (Å²) in [5.41, 5.74) is 4.25. The summed E-state index contributed by atoms with van der Waals surface area (Å²) in [6, 6.07) is 24.6. The zero-order valence-corrected chi connectivity index (χ0v) is 40.5. The van der Waals surface area contributed by atoms with Crippen molar-refractivity contribution in [3.63, 3.8) is 0 Å². The van der Waals surface area contributed by atoms with E-state index in [2.05, 4.69) is 145 Å². The molecule has 0 aliphatic carbocycles. The molecule has 0 heterocycles. The molecule has 3 atom stereocenters. The third kappa shape index (κ3) is 15.2. The van der Waals surface area contributed by atoms with Gasteiger partial charge in [-0.3, -0.25) is 4.52 Å². The Morgan fingerprint density at radius 2 is 0.893 bits per heavy atom. The Bertz CT molecular complexity index is 1710. The summed E-state index contributed by atoms with van der Waals surface area (Å²) in [7, 11) is -2.35. The summed E-state index contributed by atoms with van der Waals surface area (Å²) >= 11 is 0. The van der Waals surface area contributed by atoms with Gasteiger partial charge in [-0.1, -0.05) is 140 Å². The number of nitrogens with one attached hydrogen (secondary N) is 1. The van der Waals surface area contributed by atoms with Crippen LogP contribution in [0.4, 0.5) is 0 Å². The molecule has 3 unspecified atom stereocenters. The molecule has 0 aliphatic heterocycles. The van der Waals surface area contributed by atoms with E-state index in [0.29, 0.717) is 17.2 Å². The van der Waals surface area contributed by atoms with Crippen molar-refractivity contribution in [3.05, 3.63) is 89.5 Å². The minimum Gasteiger partial charge on any atom is -0.434 e. The molecule has 0 bridgehead atoms. The highest BCUT2D eigenvalue weighted by Crippen LogP contribution is 2.66. The molecule has 312 valence electrons. The molecule has 3 aromatic carbocycles. The minimum absolute atomic E-state index is 0.000570. The summed E-state index contributed by atoms with van der Waals surface area (Å²) in [5.74, 6) is 1.87. The largest absolute Gasteiger partial charge is 0.659 e. The second kappa shape index (κ2) is 18.8. The Hall–Kier alpha value is -2.14. The Labute approximate surface area is 343 Å². The molecule has 0 radical (unpaired) electrons. The molecule has 0 spiro atoms. The zero-order valence-electron chi connectivity index (χ0n) is 37.8. The van der Waals surface area contributed by atoms with Crippen molar-refractivity contribution < 1.29 is 27.1 Å². The van der Waals surface area contributed by atoms with Crippen molar-refractivity contribution in [2.45, 2.75) is 139 Å². The Morgan fingerprint density at radius 3 is 1.21 bits per heavy atom. The van der Waals surface area contributed by atoms with Crippen LogP contribution in [0, 0.1) is 16.2 Å². The minimum atomic E-state index is -3.39.